The Labute approximate surface area is 210 Å². The molecular weight excluding hydrogens is 454 g/mol. The number of fused-ring (bicyclic) bond motifs is 2. The fourth-order valence-electron chi connectivity index (χ4n) is 4.34. The maximum atomic E-state index is 13.6. The summed E-state index contributed by atoms with van der Waals surface area (Å²) in [5.74, 6) is 2.93. The highest BCUT2D eigenvalue weighted by molar-refractivity contribution is 5.83. The quantitative estimate of drug-likeness (QED) is 0.336. The van der Waals surface area contributed by atoms with Gasteiger partial charge in [0.05, 0.1) is 23.7 Å². The number of hydrogen-bond donors (Lipinski definition) is 0. The molecule has 3 aromatic carbocycles. The Kier molecular flexibility index (Phi) is 6.46. The van der Waals surface area contributed by atoms with E-state index >= 15 is 0 Å². The minimum Gasteiger partial charge on any atom is -0.494 e. The van der Waals surface area contributed by atoms with Crippen LogP contribution in [-0.2, 0) is 0 Å². The molecule has 0 atom stereocenters. The van der Waals surface area contributed by atoms with Crippen LogP contribution in [-0.4, -0.2) is 35.7 Å². The van der Waals surface area contributed by atoms with Crippen molar-refractivity contribution in [1.82, 2.24) is 9.66 Å². The normalized spacial score (nSPS) is 13.0. The number of rotatable bonds is 6. The second kappa shape index (κ2) is 9.85. The fraction of sp³-hybridized carbons (Fsp3) is 0.276. The highest BCUT2D eigenvalue weighted by atomic mass is 16.6. The first-order valence-electron chi connectivity index (χ1n) is 12.2. The Morgan fingerprint density at radius 3 is 2.64 bits per heavy atom. The van der Waals surface area contributed by atoms with Crippen LogP contribution in [0.15, 0.2) is 64.5 Å². The van der Waals surface area contributed by atoms with Crippen molar-refractivity contribution < 1.29 is 14.2 Å². The predicted molar refractivity (Wildman–Crippen MR) is 142 cm³/mol. The van der Waals surface area contributed by atoms with E-state index in [2.05, 4.69) is 25.0 Å². The average Bonchev–Trinajstić information content (AvgIpc) is 2.88. The average molecular weight is 484 g/mol. The van der Waals surface area contributed by atoms with Crippen LogP contribution < -0.4 is 19.8 Å². The molecule has 7 heteroatoms. The van der Waals surface area contributed by atoms with Crippen LogP contribution in [0.2, 0.25) is 0 Å². The van der Waals surface area contributed by atoms with Crippen LogP contribution >= 0.6 is 0 Å². The van der Waals surface area contributed by atoms with Gasteiger partial charge in [-0.2, -0.15) is 9.78 Å². The van der Waals surface area contributed by atoms with E-state index in [-0.39, 0.29) is 11.5 Å². The lowest BCUT2D eigenvalue weighted by Gasteiger charge is -2.18. The Bertz CT molecular complexity index is 1520. The molecule has 0 aliphatic carbocycles. The molecule has 184 valence electrons. The Balaban J connectivity index is 1.69. The summed E-state index contributed by atoms with van der Waals surface area (Å²) in [6.07, 6.45) is 1.65. The van der Waals surface area contributed by atoms with Crippen molar-refractivity contribution in [2.24, 2.45) is 5.10 Å². The molecule has 36 heavy (non-hydrogen) atoms. The predicted octanol–water partition coefficient (Wildman–Crippen LogP) is 5.55. The molecule has 0 saturated heterocycles. The van der Waals surface area contributed by atoms with E-state index < -0.39 is 0 Å². The topological polar surface area (TPSA) is 74.9 Å². The molecule has 0 saturated carbocycles. The first-order chi connectivity index (χ1) is 17.5. The third-order valence-electron chi connectivity index (χ3n) is 6.16. The molecule has 1 aliphatic rings. The van der Waals surface area contributed by atoms with Gasteiger partial charge in [0.25, 0.3) is 5.56 Å². The van der Waals surface area contributed by atoms with Gasteiger partial charge in [-0.05, 0) is 78.9 Å². The third-order valence-corrected chi connectivity index (χ3v) is 6.16. The van der Waals surface area contributed by atoms with Crippen LogP contribution in [0, 0.1) is 6.92 Å². The van der Waals surface area contributed by atoms with Crippen molar-refractivity contribution >= 4 is 17.1 Å². The van der Waals surface area contributed by atoms with Gasteiger partial charge in [-0.25, -0.2) is 4.98 Å². The van der Waals surface area contributed by atoms with Gasteiger partial charge in [0, 0.05) is 5.56 Å². The molecule has 5 rings (SSSR count). The summed E-state index contributed by atoms with van der Waals surface area (Å²) >= 11 is 0. The molecule has 0 unspecified atom stereocenters. The van der Waals surface area contributed by atoms with E-state index in [1.807, 2.05) is 56.3 Å². The van der Waals surface area contributed by atoms with Gasteiger partial charge in [0.1, 0.15) is 19.0 Å². The number of aryl methyl sites for hydroxylation is 1. The van der Waals surface area contributed by atoms with Crippen molar-refractivity contribution in [2.45, 2.75) is 33.6 Å². The first kappa shape index (κ1) is 23.6. The smallest absolute Gasteiger partial charge is 0.282 e. The van der Waals surface area contributed by atoms with Gasteiger partial charge in [-0.3, -0.25) is 4.79 Å². The van der Waals surface area contributed by atoms with Crippen molar-refractivity contribution in [1.29, 1.82) is 0 Å². The fourth-order valence-corrected chi connectivity index (χ4v) is 4.34. The first-order valence-corrected chi connectivity index (χ1v) is 12.2. The van der Waals surface area contributed by atoms with Crippen molar-refractivity contribution in [3.05, 3.63) is 81.6 Å². The van der Waals surface area contributed by atoms with Gasteiger partial charge in [0.15, 0.2) is 17.3 Å². The lowest BCUT2D eigenvalue weighted by atomic mass is 9.96. The highest BCUT2D eigenvalue weighted by Crippen LogP contribution is 2.34. The van der Waals surface area contributed by atoms with Crippen molar-refractivity contribution in [3.8, 4) is 28.6 Å². The number of ether oxygens (including phenoxy) is 3. The molecular formula is C29H29N3O4. The van der Waals surface area contributed by atoms with E-state index in [1.54, 1.807) is 12.3 Å². The summed E-state index contributed by atoms with van der Waals surface area (Å²) < 4.78 is 18.6. The monoisotopic (exact) mass is 483 g/mol. The number of nitrogens with zero attached hydrogens (tertiary/aromatic N) is 3. The second-order valence-corrected chi connectivity index (χ2v) is 9.01. The lowest BCUT2D eigenvalue weighted by Crippen LogP contribution is -2.21. The van der Waals surface area contributed by atoms with Gasteiger partial charge < -0.3 is 14.2 Å². The Morgan fingerprint density at radius 1 is 1.08 bits per heavy atom. The van der Waals surface area contributed by atoms with Crippen LogP contribution in [0.25, 0.3) is 22.3 Å². The van der Waals surface area contributed by atoms with E-state index in [1.165, 1.54) is 4.68 Å². The summed E-state index contributed by atoms with van der Waals surface area (Å²) in [7, 11) is 0. The van der Waals surface area contributed by atoms with Gasteiger partial charge >= 0.3 is 0 Å². The number of para-hydroxylation sites is 1. The summed E-state index contributed by atoms with van der Waals surface area (Å²) in [5.41, 5.74) is 4.03. The third kappa shape index (κ3) is 4.44. The van der Waals surface area contributed by atoms with Gasteiger partial charge in [-0.15, -0.1) is 0 Å². The summed E-state index contributed by atoms with van der Waals surface area (Å²) in [5, 5.41) is 5.12. The summed E-state index contributed by atoms with van der Waals surface area (Å²) in [6.45, 7) is 9.83. The molecule has 7 nitrogen and oxygen atoms in total. The van der Waals surface area contributed by atoms with Gasteiger partial charge in [-0.1, -0.05) is 26.0 Å². The zero-order chi connectivity index (χ0) is 25.2. The Hall–Kier alpha value is -4.13. The van der Waals surface area contributed by atoms with Crippen LogP contribution in [0.3, 0.4) is 0 Å². The maximum Gasteiger partial charge on any atom is 0.282 e. The van der Waals surface area contributed by atoms with Crippen LogP contribution in [0.4, 0.5) is 0 Å². The minimum atomic E-state index is -0.233. The largest absolute Gasteiger partial charge is 0.494 e. The minimum absolute atomic E-state index is 0.229. The van der Waals surface area contributed by atoms with E-state index in [9.17, 15) is 4.79 Å². The number of hydrogen-bond acceptors (Lipinski definition) is 6. The summed E-state index contributed by atoms with van der Waals surface area (Å²) in [4.78, 5) is 18.5. The zero-order valence-corrected chi connectivity index (χ0v) is 20.9. The molecule has 0 radical (unpaired) electrons. The molecule has 0 N–H and O–H groups in total. The molecule has 0 spiro atoms. The van der Waals surface area contributed by atoms with E-state index in [4.69, 9.17) is 19.2 Å². The molecule has 1 aromatic heterocycles. The molecule has 0 bridgehead atoms. The lowest BCUT2D eigenvalue weighted by molar-refractivity contribution is 0.171. The highest BCUT2D eigenvalue weighted by Gasteiger charge is 2.19. The number of benzene rings is 3. The SMILES string of the molecule is CCOc1cc(C)c(-c2nc3ccccc3c(=O)n2N=Cc2ccc3c(c2)OCCO3)cc1C(C)C. The molecule has 0 amide bonds. The second-order valence-electron chi connectivity index (χ2n) is 9.01. The van der Waals surface area contributed by atoms with E-state index in [0.717, 1.165) is 28.0 Å². The Morgan fingerprint density at radius 2 is 1.86 bits per heavy atom. The van der Waals surface area contributed by atoms with E-state index in [0.29, 0.717) is 48.0 Å². The maximum absolute atomic E-state index is 13.6. The number of aromatic nitrogens is 2. The van der Waals surface area contributed by atoms with Crippen LogP contribution in [0.5, 0.6) is 17.2 Å². The van der Waals surface area contributed by atoms with Gasteiger partial charge in [0.2, 0.25) is 0 Å². The summed E-state index contributed by atoms with van der Waals surface area (Å²) in [6, 6.07) is 17.0. The molecule has 1 aliphatic heterocycles. The molecule has 4 aromatic rings. The standard InChI is InChI=1S/C29H29N3O4/c1-5-34-26-14-19(4)23(16-22(26)18(2)3)28-31-24-9-7-6-8-21(24)29(33)32(28)30-17-20-10-11-25-27(15-20)36-13-12-35-25/h6-11,14-18H,5,12-13H2,1-4H3. The van der Waals surface area contributed by atoms with Crippen molar-refractivity contribution in [2.75, 3.05) is 19.8 Å². The molecule has 2 heterocycles. The van der Waals surface area contributed by atoms with Crippen LogP contribution in [0.1, 0.15) is 43.4 Å². The molecule has 0 fully saturated rings. The van der Waals surface area contributed by atoms with Crippen molar-refractivity contribution in [3.63, 3.8) is 0 Å². The zero-order valence-electron chi connectivity index (χ0n) is 20.9.